The number of aromatic nitrogens is 1. The first kappa shape index (κ1) is 26.7. The van der Waals surface area contributed by atoms with Crippen LogP contribution in [0.25, 0.3) is 0 Å². The van der Waals surface area contributed by atoms with Gasteiger partial charge in [-0.2, -0.15) is 0 Å². The number of phenols is 1. The lowest BCUT2D eigenvalue weighted by Gasteiger charge is -2.55. The molecule has 1 saturated carbocycles. The van der Waals surface area contributed by atoms with Crippen molar-refractivity contribution in [1.29, 1.82) is 0 Å². The zero-order valence-corrected chi connectivity index (χ0v) is 24.2. The molecule has 7 rings (SSSR count). The number of aryl methyl sites for hydroxylation is 1. The van der Waals surface area contributed by atoms with Crippen molar-refractivity contribution in [1.82, 2.24) is 14.8 Å². The van der Waals surface area contributed by atoms with E-state index in [0.29, 0.717) is 23.3 Å². The Bertz CT molecular complexity index is 1320. The molecule has 5 aliphatic rings. The van der Waals surface area contributed by atoms with Crippen LogP contribution in [-0.4, -0.2) is 69.4 Å². The van der Waals surface area contributed by atoms with Crippen LogP contribution in [-0.2, 0) is 23.0 Å². The summed E-state index contributed by atoms with van der Waals surface area (Å²) < 4.78 is 5.67. The predicted molar refractivity (Wildman–Crippen MR) is 154 cm³/mol. The molecule has 4 heterocycles. The molecular formula is C33H45N3O4. The average Bonchev–Trinajstić information content (AvgIpc) is 3.72. The number of methoxy groups -OCH3 is 1. The number of aromatic amines is 1. The molecule has 3 N–H and O–H groups in total. The van der Waals surface area contributed by atoms with Gasteiger partial charge in [-0.1, -0.05) is 6.07 Å². The van der Waals surface area contributed by atoms with E-state index < -0.39 is 6.23 Å². The van der Waals surface area contributed by atoms with Gasteiger partial charge in [-0.15, -0.1) is 0 Å². The first-order chi connectivity index (χ1) is 19.3. The molecule has 4 fully saturated rings. The fourth-order valence-electron chi connectivity index (χ4n) is 9.13. The standard InChI is InChI=1S/C33H45N3O4/c1-19-4-9-25(37)16-28(19)33-10-11-35(18-21-5-6-21)20(2)29(33)13-22-12-27(31(38)34-30(22)17-33)32(39)36-23-7-8-24(36)15-26(14-23)40-3/h4,9,12,16,20-21,23-24,26,29,32,37,39H,5-8,10-11,13-15,17-18H2,1-3H3,(H,34,38). The van der Waals surface area contributed by atoms with Crippen LogP contribution < -0.4 is 5.56 Å². The predicted octanol–water partition coefficient (Wildman–Crippen LogP) is 4.18. The summed E-state index contributed by atoms with van der Waals surface area (Å²) in [5, 5.41) is 22.2. The van der Waals surface area contributed by atoms with Crippen LogP contribution in [0.1, 0.15) is 86.0 Å². The van der Waals surface area contributed by atoms with Crippen LogP contribution >= 0.6 is 0 Å². The number of H-pyrrole nitrogens is 1. The molecular weight excluding hydrogens is 502 g/mol. The van der Waals surface area contributed by atoms with Crippen LogP contribution in [0, 0.1) is 18.8 Å². The average molecular weight is 548 g/mol. The number of phenolic OH excluding ortho intramolecular Hbond substituents is 1. The summed E-state index contributed by atoms with van der Waals surface area (Å²) in [5.74, 6) is 1.51. The minimum atomic E-state index is -0.889. The van der Waals surface area contributed by atoms with Gasteiger partial charge in [-0.05, 0) is 125 Å². The Morgan fingerprint density at radius 2 is 1.90 bits per heavy atom. The zero-order valence-electron chi connectivity index (χ0n) is 24.2. The molecule has 0 spiro atoms. The molecule has 3 aliphatic heterocycles. The number of aliphatic hydroxyl groups is 1. The van der Waals surface area contributed by atoms with Crippen molar-refractivity contribution in [3.05, 3.63) is 62.6 Å². The highest BCUT2D eigenvalue weighted by Gasteiger charge is 2.52. The molecule has 1 aromatic heterocycles. The van der Waals surface area contributed by atoms with E-state index in [0.717, 1.165) is 63.1 Å². The number of nitrogens with zero attached hydrogens (tertiary/aromatic N) is 2. The maximum absolute atomic E-state index is 13.6. The van der Waals surface area contributed by atoms with E-state index in [1.807, 2.05) is 18.2 Å². The van der Waals surface area contributed by atoms with Crippen LogP contribution in [0.5, 0.6) is 5.75 Å². The van der Waals surface area contributed by atoms with Gasteiger partial charge in [0.2, 0.25) is 0 Å². The van der Waals surface area contributed by atoms with Gasteiger partial charge >= 0.3 is 0 Å². The van der Waals surface area contributed by atoms with E-state index in [4.69, 9.17) is 4.74 Å². The van der Waals surface area contributed by atoms with Gasteiger partial charge in [-0.25, -0.2) is 0 Å². The largest absolute Gasteiger partial charge is 0.508 e. The van der Waals surface area contributed by atoms with Gasteiger partial charge in [-0.3, -0.25) is 9.69 Å². The Labute approximate surface area is 237 Å². The number of rotatable bonds is 6. The molecule has 7 nitrogen and oxygen atoms in total. The maximum Gasteiger partial charge on any atom is 0.255 e. The zero-order chi connectivity index (χ0) is 27.8. The van der Waals surface area contributed by atoms with E-state index >= 15 is 0 Å². The van der Waals surface area contributed by atoms with E-state index in [1.54, 1.807) is 13.2 Å². The molecule has 2 bridgehead atoms. The first-order valence-electron chi connectivity index (χ1n) is 15.5. The van der Waals surface area contributed by atoms with Gasteiger partial charge in [0.1, 0.15) is 12.0 Å². The minimum absolute atomic E-state index is 0.139. The Hall–Kier alpha value is -2.19. The van der Waals surface area contributed by atoms with Crippen molar-refractivity contribution in [3.63, 3.8) is 0 Å². The Morgan fingerprint density at radius 1 is 1.15 bits per heavy atom. The molecule has 1 aromatic carbocycles. The molecule has 216 valence electrons. The molecule has 6 unspecified atom stereocenters. The number of hydrogen-bond acceptors (Lipinski definition) is 6. The normalized spacial score (nSPS) is 34.9. The number of nitrogens with one attached hydrogen (secondary N) is 1. The molecule has 6 atom stereocenters. The number of pyridine rings is 1. The van der Waals surface area contributed by atoms with E-state index in [9.17, 15) is 15.0 Å². The van der Waals surface area contributed by atoms with Crippen molar-refractivity contribution >= 4 is 0 Å². The molecule has 0 radical (unpaired) electrons. The fourth-order valence-corrected chi connectivity index (χ4v) is 9.13. The highest BCUT2D eigenvalue weighted by Crippen LogP contribution is 2.52. The van der Waals surface area contributed by atoms with Gasteiger partial charge in [0.25, 0.3) is 5.56 Å². The lowest BCUT2D eigenvalue weighted by atomic mass is 9.55. The number of ether oxygens (including phenoxy) is 1. The Balaban J connectivity index is 1.25. The Morgan fingerprint density at radius 3 is 2.60 bits per heavy atom. The lowest BCUT2D eigenvalue weighted by Crippen LogP contribution is -2.59. The van der Waals surface area contributed by atoms with Gasteiger partial charge < -0.3 is 24.8 Å². The maximum atomic E-state index is 13.6. The van der Waals surface area contributed by atoms with E-state index in [-0.39, 0.29) is 29.2 Å². The van der Waals surface area contributed by atoms with E-state index in [2.05, 4.69) is 28.6 Å². The molecule has 2 aliphatic carbocycles. The highest BCUT2D eigenvalue weighted by atomic mass is 16.5. The van der Waals surface area contributed by atoms with Crippen LogP contribution in [0.15, 0.2) is 29.1 Å². The Kier molecular flexibility index (Phi) is 6.65. The minimum Gasteiger partial charge on any atom is -0.508 e. The third kappa shape index (κ3) is 4.36. The molecule has 3 saturated heterocycles. The number of aliphatic hydroxyl groups excluding tert-OH is 1. The SMILES string of the molecule is COC1CC2CCC(C1)N2C(O)c1cc2c([nH]c1=O)CC1(c3cc(O)ccc3C)CCN(CC3CC3)C(C)C1C2. The third-order valence-electron chi connectivity index (χ3n) is 11.5. The van der Waals surface area contributed by atoms with Crippen molar-refractivity contribution in [2.75, 3.05) is 20.2 Å². The number of hydrogen-bond donors (Lipinski definition) is 3. The summed E-state index contributed by atoms with van der Waals surface area (Å²) in [6.07, 6.45) is 8.60. The van der Waals surface area contributed by atoms with Gasteiger partial charge in [0, 0.05) is 42.9 Å². The summed E-state index contributed by atoms with van der Waals surface area (Å²) in [7, 11) is 1.78. The van der Waals surface area contributed by atoms with Gasteiger partial charge in [0.05, 0.1) is 11.7 Å². The quantitative estimate of drug-likeness (QED) is 0.503. The van der Waals surface area contributed by atoms with Crippen molar-refractivity contribution in [2.24, 2.45) is 11.8 Å². The summed E-state index contributed by atoms with van der Waals surface area (Å²) in [4.78, 5) is 21.7. The summed E-state index contributed by atoms with van der Waals surface area (Å²) >= 11 is 0. The van der Waals surface area contributed by atoms with Crippen molar-refractivity contribution in [2.45, 2.75) is 108 Å². The number of likely N-dealkylation sites (tertiary alicyclic amines) is 1. The van der Waals surface area contributed by atoms with Crippen LogP contribution in [0.4, 0.5) is 0 Å². The third-order valence-corrected chi connectivity index (χ3v) is 11.5. The summed E-state index contributed by atoms with van der Waals surface area (Å²) in [6, 6.07) is 8.74. The molecule has 7 heteroatoms. The molecule has 40 heavy (non-hydrogen) atoms. The van der Waals surface area contributed by atoms with Crippen LogP contribution in [0.2, 0.25) is 0 Å². The first-order valence-corrected chi connectivity index (χ1v) is 15.5. The molecule has 2 aromatic rings. The topological polar surface area (TPSA) is 89.0 Å². The fraction of sp³-hybridized carbons (Fsp3) is 0.667. The number of fused-ring (bicyclic) bond motifs is 4. The van der Waals surface area contributed by atoms with Crippen molar-refractivity contribution in [3.8, 4) is 5.75 Å². The monoisotopic (exact) mass is 547 g/mol. The highest BCUT2D eigenvalue weighted by molar-refractivity contribution is 5.45. The lowest BCUT2D eigenvalue weighted by molar-refractivity contribution is -0.0829. The number of aromatic hydroxyl groups is 1. The smallest absolute Gasteiger partial charge is 0.255 e. The van der Waals surface area contributed by atoms with Gasteiger partial charge in [0.15, 0.2) is 0 Å². The number of piperidine rings is 2. The van der Waals surface area contributed by atoms with Crippen LogP contribution in [0.3, 0.4) is 0 Å². The van der Waals surface area contributed by atoms with Crippen molar-refractivity contribution < 1.29 is 14.9 Å². The van der Waals surface area contributed by atoms with E-state index in [1.165, 1.54) is 36.1 Å². The molecule has 0 amide bonds. The second kappa shape index (κ2) is 9.97. The number of benzene rings is 1. The summed E-state index contributed by atoms with van der Waals surface area (Å²) in [5.41, 5.74) is 4.79. The summed E-state index contributed by atoms with van der Waals surface area (Å²) in [6.45, 7) is 6.76. The second-order valence-electron chi connectivity index (χ2n) is 13.7. The second-order valence-corrected chi connectivity index (χ2v) is 13.7.